The van der Waals surface area contributed by atoms with E-state index >= 15 is 0 Å². The van der Waals surface area contributed by atoms with Crippen molar-refractivity contribution in [2.75, 3.05) is 33.4 Å². The number of benzene rings is 2. The van der Waals surface area contributed by atoms with Gasteiger partial charge in [0.1, 0.15) is 18.2 Å². The number of aryl methyl sites for hydroxylation is 2. The van der Waals surface area contributed by atoms with Crippen LogP contribution in [0.2, 0.25) is 5.02 Å². The molecule has 4 rings (SSSR count). The third kappa shape index (κ3) is 5.48. The molecule has 31 heavy (non-hydrogen) atoms. The van der Waals surface area contributed by atoms with Crippen molar-refractivity contribution >= 4 is 11.6 Å². The van der Waals surface area contributed by atoms with Gasteiger partial charge in [0, 0.05) is 34.9 Å². The van der Waals surface area contributed by atoms with Crippen LogP contribution in [0.3, 0.4) is 0 Å². The van der Waals surface area contributed by atoms with Crippen molar-refractivity contribution in [3.63, 3.8) is 0 Å². The number of ether oxygens (including phenoxy) is 2. The largest absolute Gasteiger partial charge is 0.491 e. The molecule has 1 saturated heterocycles. The van der Waals surface area contributed by atoms with Crippen LogP contribution in [0.25, 0.3) is 22.6 Å². The van der Waals surface area contributed by atoms with Gasteiger partial charge in [-0.1, -0.05) is 23.7 Å². The number of rotatable bonds is 7. The van der Waals surface area contributed by atoms with Crippen LogP contribution in [0.15, 0.2) is 42.5 Å². The second-order valence-electron chi connectivity index (χ2n) is 8.26. The van der Waals surface area contributed by atoms with Gasteiger partial charge in [-0.3, -0.25) is 0 Å². The minimum Gasteiger partial charge on any atom is -0.491 e. The number of piperidine rings is 1. The van der Waals surface area contributed by atoms with Crippen LogP contribution in [-0.4, -0.2) is 54.3 Å². The third-order valence-corrected chi connectivity index (χ3v) is 6.08. The molecule has 1 N–H and O–H groups in total. The predicted octanol–water partition coefficient (Wildman–Crippen LogP) is 5.50. The van der Waals surface area contributed by atoms with E-state index in [2.05, 4.69) is 36.0 Å². The molecule has 0 spiro atoms. The van der Waals surface area contributed by atoms with Gasteiger partial charge in [0.25, 0.3) is 0 Å². The molecule has 2 aromatic carbocycles. The number of hydrogen-bond acceptors (Lipinski definition) is 4. The summed E-state index contributed by atoms with van der Waals surface area (Å²) >= 11 is 6.02. The number of halogens is 1. The first-order valence-electron chi connectivity index (χ1n) is 10.9. The van der Waals surface area contributed by atoms with E-state index in [-0.39, 0.29) is 0 Å². The Balaban J connectivity index is 1.36. The lowest BCUT2D eigenvalue weighted by Gasteiger charge is -2.28. The van der Waals surface area contributed by atoms with E-state index in [1.54, 1.807) is 0 Å². The fraction of sp³-hybridized carbons (Fsp3) is 0.400. The molecule has 0 unspecified atom stereocenters. The van der Waals surface area contributed by atoms with Crippen LogP contribution in [-0.2, 0) is 4.74 Å². The van der Waals surface area contributed by atoms with Crippen molar-refractivity contribution < 1.29 is 9.47 Å². The normalized spacial score (nSPS) is 15.4. The Kier molecular flexibility index (Phi) is 6.96. The Hall–Kier alpha value is -2.34. The van der Waals surface area contributed by atoms with Gasteiger partial charge in [0.15, 0.2) is 0 Å². The third-order valence-electron chi connectivity index (χ3n) is 5.83. The monoisotopic (exact) mass is 439 g/mol. The van der Waals surface area contributed by atoms with E-state index in [1.807, 2.05) is 37.3 Å². The number of imidazole rings is 1. The molecule has 1 aliphatic rings. The van der Waals surface area contributed by atoms with E-state index in [4.69, 9.17) is 26.1 Å². The highest BCUT2D eigenvalue weighted by atomic mass is 35.5. The Morgan fingerprint density at radius 3 is 2.52 bits per heavy atom. The van der Waals surface area contributed by atoms with Crippen molar-refractivity contribution in [2.45, 2.75) is 32.8 Å². The zero-order valence-electron chi connectivity index (χ0n) is 18.5. The highest BCUT2D eigenvalue weighted by Gasteiger charge is 2.17. The highest BCUT2D eigenvalue weighted by molar-refractivity contribution is 6.30. The molecule has 0 amide bonds. The molecule has 0 bridgehead atoms. The second-order valence-corrected chi connectivity index (χ2v) is 8.70. The highest BCUT2D eigenvalue weighted by Crippen LogP contribution is 2.30. The molecule has 6 heteroatoms. The summed E-state index contributed by atoms with van der Waals surface area (Å²) in [5.74, 6) is 1.71. The molecule has 0 radical (unpaired) electrons. The molecular weight excluding hydrogens is 410 g/mol. The number of likely N-dealkylation sites (tertiary alicyclic amines) is 1. The second kappa shape index (κ2) is 9.86. The first-order valence-corrected chi connectivity index (χ1v) is 11.2. The molecule has 0 aliphatic carbocycles. The van der Waals surface area contributed by atoms with Crippen LogP contribution in [0.4, 0.5) is 0 Å². The van der Waals surface area contributed by atoms with Crippen molar-refractivity contribution in [1.29, 1.82) is 0 Å². The van der Waals surface area contributed by atoms with Crippen molar-refractivity contribution in [2.24, 2.45) is 0 Å². The number of aromatic nitrogens is 2. The summed E-state index contributed by atoms with van der Waals surface area (Å²) in [6, 6.07) is 13.9. The van der Waals surface area contributed by atoms with Crippen LogP contribution in [0, 0.1) is 13.8 Å². The number of nitrogens with one attached hydrogen (secondary N) is 1. The first-order chi connectivity index (χ1) is 15.0. The van der Waals surface area contributed by atoms with Gasteiger partial charge in [-0.2, -0.15) is 0 Å². The molecule has 0 saturated carbocycles. The van der Waals surface area contributed by atoms with E-state index in [0.29, 0.717) is 19.3 Å². The predicted molar refractivity (Wildman–Crippen MR) is 126 cm³/mol. The lowest BCUT2D eigenvalue weighted by Crippen LogP contribution is -2.34. The number of hydrogen-bond donors (Lipinski definition) is 1. The Bertz CT molecular complexity index is 1010. The summed E-state index contributed by atoms with van der Waals surface area (Å²) < 4.78 is 11.9. The number of nitrogens with zero attached hydrogens (tertiary/aromatic N) is 2. The van der Waals surface area contributed by atoms with E-state index in [1.165, 1.54) is 0 Å². The average molecular weight is 440 g/mol. The lowest BCUT2D eigenvalue weighted by atomic mass is 10.1. The van der Waals surface area contributed by atoms with Gasteiger partial charge >= 0.3 is 0 Å². The summed E-state index contributed by atoms with van der Waals surface area (Å²) in [4.78, 5) is 10.6. The van der Waals surface area contributed by atoms with Gasteiger partial charge in [-0.15, -0.1) is 0 Å². The van der Waals surface area contributed by atoms with Gasteiger partial charge in [0.05, 0.1) is 18.4 Å². The maximum absolute atomic E-state index is 6.02. The Morgan fingerprint density at radius 1 is 1.06 bits per heavy atom. The topological polar surface area (TPSA) is 50.4 Å². The molecule has 1 fully saturated rings. The van der Waals surface area contributed by atoms with Gasteiger partial charge in [-0.25, -0.2) is 4.98 Å². The summed E-state index contributed by atoms with van der Waals surface area (Å²) in [5.41, 5.74) is 5.20. The number of aromatic amines is 1. The molecular formula is C25H30ClN3O2. The smallest absolute Gasteiger partial charge is 0.138 e. The standard InChI is InChI=1S/C25H30ClN3O2/c1-17-16-22(31-15-14-30-21-10-12-29(3)13-11-21)8-9-23(17)25-27-18(2)24(28-25)19-4-6-20(26)7-5-19/h4-9,16,21H,10-15H2,1-3H3,(H,27,28). The van der Waals surface area contributed by atoms with E-state index in [0.717, 1.165) is 70.6 Å². The van der Waals surface area contributed by atoms with Crippen LogP contribution in [0.5, 0.6) is 5.75 Å². The SMILES string of the molecule is Cc1cc(OCCOC2CCN(C)CC2)ccc1-c1nc(-c2ccc(Cl)cc2)c(C)[nH]1. The van der Waals surface area contributed by atoms with Crippen LogP contribution >= 0.6 is 11.6 Å². The lowest BCUT2D eigenvalue weighted by molar-refractivity contribution is -0.000257. The maximum Gasteiger partial charge on any atom is 0.138 e. The molecule has 5 nitrogen and oxygen atoms in total. The average Bonchev–Trinajstić information content (AvgIpc) is 3.14. The minimum atomic E-state index is 0.362. The summed E-state index contributed by atoms with van der Waals surface area (Å²) in [7, 11) is 2.16. The number of H-pyrrole nitrogens is 1. The fourth-order valence-corrected chi connectivity index (χ4v) is 4.12. The van der Waals surface area contributed by atoms with E-state index < -0.39 is 0 Å². The fourth-order valence-electron chi connectivity index (χ4n) is 3.99. The molecule has 1 aromatic heterocycles. The zero-order valence-corrected chi connectivity index (χ0v) is 19.2. The van der Waals surface area contributed by atoms with Crippen molar-refractivity contribution in [3.05, 3.63) is 58.7 Å². The zero-order chi connectivity index (χ0) is 21.8. The first kappa shape index (κ1) is 21.9. The molecule has 1 aliphatic heterocycles. The summed E-state index contributed by atoms with van der Waals surface area (Å²) in [6.07, 6.45) is 2.57. The summed E-state index contributed by atoms with van der Waals surface area (Å²) in [6.45, 7) is 7.52. The van der Waals surface area contributed by atoms with Crippen molar-refractivity contribution in [3.8, 4) is 28.4 Å². The molecule has 2 heterocycles. The van der Waals surface area contributed by atoms with Gasteiger partial charge in [0.2, 0.25) is 0 Å². The quantitative estimate of drug-likeness (QED) is 0.493. The Labute approximate surface area is 189 Å². The van der Waals surface area contributed by atoms with Crippen LogP contribution in [0.1, 0.15) is 24.1 Å². The summed E-state index contributed by atoms with van der Waals surface area (Å²) in [5, 5.41) is 0.723. The molecule has 3 aromatic rings. The molecule has 0 atom stereocenters. The minimum absolute atomic E-state index is 0.362. The molecule has 164 valence electrons. The van der Waals surface area contributed by atoms with E-state index in [9.17, 15) is 0 Å². The van der Waals surface area contributed by atoms with Gasteiger partial charge in [-0.05, 0) is 69.6 Å². The van der Waals surface area contributed by atoms with Crippen LogP contribution < -0.4 is 4.74 Å². The maximum atomic E-state index is 6.02. The van der Waals surface area contributed by atoms with Gasteiger partial charge < -0.3 is 19.4 Å². The van der Waals surface area contributed by atoms with Crippen molar-refractivity contribution in [1.82, 2.24) is 14.9 Å². The Morgan fingerprint density at radius 2 is 1.81 bits per heavy atom.